The molecule has 0 N–H and O–H groups in total. The van der Waals surface area contributed by atoms with Crippen LogP contribution in [0.3, 0.4) is 0 Å². The van der Waals surface area contributed by atoms with E-state index in [9.17, 15) is 10.1 Å². The van der Waals surface area contributed by atoms with Gasteiger partial charge in [-0.1, -0.05) is 12.2 Å². The van der Waals surface area contributed by atoms with Crippen LogP contribution < -0.4 is 4.90 Å². The van der Waals surface area contributed by atoms with Crippen LogP contribution in [0.2, 0.25) is 0 Å². The van der Waals surface area contributed by atoms with Crippen LogP contribution in [0.4, 0.5) is 11.5 Å². The van der Waals surface area contributed by atoms with Crippen molar-refractivity contribution >= 4 is 11.5 Å². The van der Waals surface area contributed by atoms with Crippen LogP contribution in [-0.2, 0) is 0 Å². The molecule has 0 bridgehead atoms. The van der Waals surface area contributed by atoms with Crippen LogP contribution in [0, 0.1) is 17.0 Å². The quantitative estimate of drug-likeness (QED) is 0.444. The smallest absolute Gasteiger partial charge is 0.290 e. The van der Waals surface area contributed by atoms with Gasteiger partial charge in [0.15, 0.2) is 0 Å². The van der Waals surface area contributed by atoms with Crippen molar-refractivity contribution in [3.8, 4) is 0 Å². The van der Waals surface area contributed by atoms with Crippen molar-refractivity contribution in [1.29, 1.82) is 0 Å². The molecule has 1 heterocycles. The van der Waals surface area contributed by atoms with Crippen LogP contribution >= 0.6 is 0 Å². The number of anilines is 1. The highest BCUT2D eigenvalue weighted by Crippen LogP contribution is 2.19. The second-order valence-corrected chi connectivity index (χ2v) is 3.84. The van der Waals surface area contributed by atoms with E-state index < -0.39 is 4.92 Å². The van der Waals surface area contributed by atoms with Gasteiger partial charge in [-0.15, -0.1) is 0 Å². The Labute approximate surface area is 94.6 Å². The number of hydrogen-bond acceptors (Lipinski definition) is 4. The Morgan fingerprint density at radius 2 is 2.25 bits per heavy atom. The van der Waals surface area contributed by atoms with Gasteiger partial charge in [0.1, 0.15) is 11.5 Å². The molecule has 0 fully saturated rings. The maximum atomic E-state index is 10.6. The fraction of sp³-hybridized carbons (Fsp3) is 0.364. The lowest BCUT2D eigenvalue weighted by Gasteiger charge is -2.18. The summed E-state index contributed by atoms with van der Waals surface area (Å²) in [7, 11) is 1.88. The molecule has 0 aliphatic rings. The molecule has 0 amide bonds. The van der Waals surface area contributed by atoms with Crippen molar-refractivity contribution < 1.29 is 4.92 Å². The molecule has 16 heavy (non-hydrogen) atoms. The van der Waals surface area contributed by atoms with Crippen LogP contribution in [0.1, 0.15) is 12.6 Å². The first-order chi connectivity index (χ1) is 7.41. The molecule has 86 valence electrons. The molecule has 1 aromatic rings. The number of pyridine rings is 1. The molecule has 1 rings (SSSR count). The Hall–Kier alpha value is -1.91. The van der Waals surface area contributed by atoms with Gasteiger partial charge in [0.05, 0.1) is 4.92 Å². The molecule has 0 spiro atoms. The first-order valence-corrected chi connectivity index (χ1v) is 4.89. The average Bonchev–Trinajstić information content (AvgIpc) is 2.15. The number of aryl methyl sites for hydroxylation is 1. The molecular weight excluding hydrogens is 206 g/mol. The summed E-state index contributed by atoms with van der Waals surface area (Å²) in [5, 5.41) is 10.6. The van der Waals surface area contributed by atoms with E-state index in [4.69, 9.17) is 0 Å². The molecule has 0 unspecified atom stereocenters. The molecule has 5 heteroatoms. The van der Waals surface area contributed by atoms with E-state index in [0.717, 1.165) is 5.57 Å². The molecule has 1 aromatic heterocycles. The number of nitrogens with zero attached hydrogens (tertiary/aromatic N) is 3. The predicted octanol–water partition coefficient (Wildman–Crippen LogP) is 2.31. The highest BCUT2D eigenvalue weighted by atomic mass is 16.6. The highest BCUT2D eigenvalue weighted by Gasteiger charge is 2.13. The van der Waals surface area contributed by atoms with Gasteiger partial charge in [0.25, 0.3) is 5.69 Å². The summed E-state index contributed by atoms with van der Waals surface area (Å²) in [6.07, 6.45) is 0. The SMILES string of the molecule is C=C(C)CN(C)c1ccc([N+](=O)[O-])c(C)n1. The van der Waals surface area contributed by atoms with Gasteiger partial charge in [-0.3, -0.25) is 10.1 Å². The van der Waals surface area contributed by atoms with Crippen molar-refractivity contribution in [3.05, 3.63) is 40.1 Å². The third-order valence-electron chi connectivity index (χ3n) is 2.14. The van der Waals surface area contributed by atoms with Gasteiger partial charge in [0.2, 0.25) is 0 Å². The molecule has 0 atom stereocenters. The second-order valence-electron chi connectivity index (χ2n) is 3.84. The normalized spacial score (nSPS) is 9.94. The Bertz CT molecular complexity index is 429. The van der Waals surface area contributed by atoms with E-state index in [0.29, 0.717) is 18.1 Å². The summed E-state index contributed by atoms with van der Waals surface area (Å²) >= 11 is 0. The standard InChI is InChI=1S/C11H15N3O2/c1-8(2)7-13(4)11-6-5-10(14(15)16)9(3)12-11/h5-6H,1,7H2,2-4H3. The molecule has 0 aliphatic heterocycles. The van der Waals surface area contributed by atoms with Crippen LogP contribution in [-0.4, -0.2) is 23.5 Å². The van der Waals surface area contributed by atoms with Gasteiger partial charge >= 0.3 is 0 Å². The highest BCUT2D eigenvalue weighted by molar-refractivity contribution is 5.46. The molecule has 0 aromatic carbocycles. The summed E-state index contributed by atoms with van der Waals surface area (Å²) in [6.45, 7) is 8.06. The van der Waals surface area contributed by atoms with E-state index in [1.807, 2.05) is 18.9 Å². The molecule has 0 aliphatic carbocycles. The van der Waals surface area contributed by atoms with E-state index in [-0.39, 0.29) is 5.69 Å². The largest absolute Gasteiger partial charge is 0.356 e. The number of rotatable bonds is 4. The van der Waals surface area contributed by atoms with Gasteiger partial charge in [-0.2, -0.15) is 0 Å². The van der Waals surface area contributed by atoms with Gasteiger partial charge in [0, 0.05) is 19.7 Å². The number of likely N-dealkylation sites (N-methyl/N-ethyl adjacent to an activating group) is 1. The van der Waals surface area contributed by atoms with Gasteiger partial charge < -0.3 is 4.90 Å². The first-order valence-electron chi connectivity index (χ1n) is 4.89. The predicted molar refractivity (Wildman–Crippen MR) is 63.7 cm³/mol. The lowest BCUT2D eigenvalue weighted by Crippen LogP contribution is -2.20. The second kappa shape index (κ2) is 4.74. The van der Waals surface area contributed by atoms with Crippen molar-refractivity contribution in [2.45, 2.75) is 13.8 Å². The lowest BCUT2D eigenvalue weighted by molar-refractivity contribution is -0.385. The van der Waals surface area contributed by atoms with Crippen LogP contribution in [0.25, 0.3) is 0 Å². The van der Waals surface area contributed by atoms with Crippen LogP contribution in [0.15, 0.2) is 24.3 Å². The summed E-state index contributed by atoms with van der Waals surface area (Å²) in [5.74, 6) is 0.714. The topological polar surface area (TPSA) is 59.3 Å². The molecule has 0 saturated heterocycles. The zero-order chi connectivity index (χ0) is 12.3. The van der Waals surface area contributed by atoms with Crippen molar-refractivity contribution in [1.82, 2.24) is 4.98 Å². The summed E-state index contributed by atoms with van der Waals surface area (Å²) in [6, 6.07) is 3.13. The fourth-order valence-electron chi connectivity index (χ4n) is 1.43. The van der Waals surface area contributed by atoms with Crippen molar-refractivity contribution in [2.24, 2.45) is 0 Å². The minimum Gasteiger partial charge on any atom is -0.356 e. The number of aromatic nitrogens is 1. The average molecular weight is 221 g/mol. The van der Waals surface area contributed by atoms with Crippen molar-refractivity contribution in [3.63, 3.8) is 0 Å². The summed E-state index contributed by atoms with van der Waals surface area (Å²) in [5.41, 5.74) is 1.49. The maximum Gasteiger partial charge on any atom is 0.290 e. The Morgan fingerprint density at radius 3 is 2.69 bits per heavy atom. The van der Waals surface area contributed by atoms with Crippen molar-refractivity contribution in [2.75, 3.05) is 18.5 Å². The van der Waals surface area contributed by atoms with Gasteiger partial charge in [-0.25, -0.2) is 4.98 Å². The monoisotopic (exact) mass is 221 g/mol. The van der Waals surface area contributed by atoms with E-state index in [1.165, 1.54) is 6.07 Å². The van der Waals surface area contributed by atoms with E-state index in [1.54, 1.807) is 13.0 Å². The Morgan fingerprint density at radius 1 is 1.62 bits per heavy atom. The number of nitro groups is 1. The Kier molecular flexibility index (Phi) is 3.60. The van der Waals surface area contributed by atoms with E-state index >= 15 is 0 Å². The van der Waals surface area contributed by atoms with Gasteiger partial charge in [-0.05, 0) is 19.9 Å². The third-order valence-corrected chi connectivity index (χ3v) is 2.14. The van der Waals surface area contributed by atoms with Crippen LogP contribution in [0.5, 0.6) is 0 Å². The zero-order valence-electron chi connectivity index (χ0n) is 9.73. The fourth-order valence-corrected chi connectivity index (χ4v) is 1.43. The number of hydrogen-bond donors (Lipinski definition) is 0. The zero-order valence-corrected chi connectivity index (χ0v) is 9.73. The molecule has 0 saturated carbocycles. The summed E-state index contributed by atoms with van der Waals surface area (Å²) in [4.78, 5) is 16.3. The minimum atomic E-state index is -0.426. The maximum absolute atomic E-state index is 10.6. The molecule has 0 radical (unpaired) electrons. The minimum absolute atomic E-state index is 0.0486. The van der Waals surface area contributed by atoms with E-state index in [2.05, 4.69) is 11.6 Å². The Balaban J connectivity index is 2.96. The summed E-state index contributed by atoms with van der Waals surface area (Å²) < 4.78 is 0. The lowest BCUT2D eigenvalue weighted by atomic mass is 10.3. The first kappa shape index (κ1) is 12.2. The third kappa shape index (κ3) is 2.79. The molecular formula is C11H15N3O2. The molecule has 5 nitrogen and oxygen atoms in total.